The van der Waals surface area contributed by atoms with Gasteiger partial charge in [-0.1, -0.05) is 0 Å². The van der Waals surface area contributed by atoms with E-state index in [0.717, 1.165) is 36.3 Å². The molecule has 0 saturated carbocycles. The van der Waals surface area contributed by atoms with Crippen molar-refractivity contribution in [2.24, 2.45) is 5.73 Å². The Bertz CT molecular complexity index is 399. The highest BCUT2D eigenvalue weighted by atomic mass is 16.5. The monoisotopic (exact) mass is 219 g/mol. The van der Waals surface area contributed by atoms with Crippen LogP contribution < -0.4 is 10.5 Å². The van der Waals surface area contributed by atoms with E-state index in [-0.39, 0.29) is 11.8 Å². The molecule has 2 rings (SSSR count). The van der Waals surface area contributed by atoms with Crippen molar-refractivity contribution in [2.75, 3.05) is 6.61 Å². The van der Waals surface area contributed by atoms with Gasteiger partial charge in [-0.05, 0) is 37.1 Å². The van der Waals surface area contributed by atoms with Gasteiger partial charge in [-0.3, -0.25) is 4.79 Å². The number of ketones is 1. The molecule has 1 heterocycles. The minimum absolute atomic E-state index is 0.0849. The number of hydrogen-bond donors (Lipinski definition) is 1. The second-order valence-electron chi connectivity index (χ2n) is 4.36. The second kappa shape index (κ2) is 4.66. The van der Waals surface area contributed by atoms with Crippen LogP contribution in [0.2, 0.25) is 0 Å². The summed E-state index contributed by atoms with van der Waals surface area (Å²) in [6.07, 6.45) is 2.17. The summed E-state index contributed by atoms with van der Waals surface area (Å²) in [4.78, 5) is 11.9. The average Bonchev–Trinajstić information content (AvgIpc) is 2.72. The van der Waals surface area contributed by atoms with E-state index < -0.39 is 0 Å². The Morgan fingerprint density at radius 2 is 2.38 bits per heavy atom. The molecule has 0 saturated heterocycles. The quantitative estimate of drug-likeness (QED) is 0.787. The summed E-state index contributed by atoms with van der Waals surface area (Å²) in [7, 11) is 0. The molecule has 1 aromatic carbocycles. The molecule has 0 bridgehead atoms. The number of hydrogen-bond acceptors (Lipinski definition) is 3. The maximum Gasteiger partial charge on any atom is 0.162 e. The van der Waals surface area contributed by atoms with E-state index in [4.69, 9.17) is 10.5 Å². The topological polar surface area (TPSA) is 52.3 Å². The molecule has 1 aliphatic rings. The number of ether oxygens (including phenoxy) is 1. The first-order valence-electron chi connectivity index (χ1n) is 5.71. The molecule has 3 heteroatoms. The molecule has 1 atom stereocenters. The van der Waals surface area contributed by atoms with E-state index in [0.29, 0.717) is 6.42 Å². The van der Waals surface area contributed by atoms with Crippen molar-refractivity contribution in [1.82, 2.24) is 0 Å². The normalized spacial score (nSPS) is 15.4. The van der Waals surface area contributed by atoms with Gasteiger partial charge in [0.25, 0.3) is 0 Å². The highest BCUT2D eigenvalue weighted by Crippen LogP contribution is 2.26. The number of carbonyl (C=O) groups excluding carboxylic acids is 1. The van der Waals surface area contributed by atoms with E-state index in [1.807, 2.05) is 25.1 Å². The lowest BCUT2D eigenvalue weighted by atomic mass is 10.0. The molecule has 0 aliphatic carbocycles. The lowest BCUT2D eigenvalue weighted by Crippen LogP contribution is -2.16. The Hall–Kier alpha value is -1.35. The van der Waals surface area contributed by atoms with Crippen LogP contribution in [-0.2, 0) is 6.42 Å². The molecule has 0 fully saturated rings. The van der Waals surface area contributed by atoms with Gasteiger partial charge in [-0.25, -0.2) is 0 Å². The first-order valence-corrected chi connectivity index (χ1v) is 5.71. The number of Topliss-reactive ketones (excluding diaryl/α,β-unsaturated/α-hetero) is 1. The highest BCUT2D eigenvalue weighted by molar-refractivity contribution is 5.96. The van der Waals surface area contributed by atoms with Gasteiger partial charge in [0.05, 0.1) is 6.61 Å². The largest absolute Gasteiger partial charge is 0.493 e. The fraction of sp³-hybridized carbons (Fsp3) is 0.462. The molecule has 1 aromatic rings. The van der Waals surface area contributed by atoms with Crippen LogP contribution in [0, 0.1) is 0 Å². The summed E-state index contributed by atoms with van der Waals surface area (Å²) in [5, 5.41) is 0. The van der Waals surface area contributed by atoms with Gasteiger partial charge in [0.2, 0.25) is 0 Å². The van der Waals surface area contributed by atoms with Gasteiger partial charge in [0, 0.05) is 24.4 Å². The molecule has 16 heavy (non-hydrogen) atoms. The number of fused-ring (bicyclic) bond motifs is 1. The summed E-state index contributed by atoms with van der Waals surface area (Å²) in [5.41, 5.74) is 7.56. The lowest BCUT2D eigenvalue weighted by Gasteiger charge is -2.05. The predicted octanol–water partition coefficient (Wildman–Crippen LogP) is 1.93. The van der Waals surface area contributed by atoms with Gasteiger partial charge < -0.3 is 10.5 Å². The zero-order chi connectivity index (χ0) is 11.5. The van der Waals surface area contributed by atoms with Gasteiger partial charge >= 0.3 is 0 Å². The van der Waals surface area contributed by atoms with Crippen LogP contribution in [0.5, 0.6) is 5.75 Å². The van der Waals surface area contributed by atoms with Crippen LogP contribution in [-0.4, -0.2) is 18.4 Å². The zero-order valence-electron chi connectivity index (χ0n) is 9.53. The van der Waals surface area contributed by atoms with E-state index in [2.05, 4.69) is 0 Å². The Morgan fingerprint density at radius 3 is 3.12 bits per heavy atom. The molecule has 86 valence electrons. The number of carbonyl (C=O) groups is 1. The van der Waals surface area contributed by atoms with E-state index in [9.17, 15) is 4.79 Å². The lowest BCUT2D eigenvalue weighted by molar-refractivity contribution is 0.0978. The summed E-state index contributed by atoms with van der Waals surface area (Å²) in [6, 6.07) is 5.77. The van der Waals surface area contributed by atoms with Crippen LogP contribution in [0.1, 0.15) is 35.7 Å². The molecule has 3 nitrogen and oxygen atoms in total. The van der Waals surface area contributed by atoms with Crippen LogP contribution >= 0.6 is 0 Å². The number of nitrogens with two attached hydrogens (primary N) is 1. The van der Waals surface area contributed by atoms with Crippen molar-refractivity contribution in [3.8, 4) is 5.75 Å². The van der Waals surface area contributed by atoms with Crippen LogP contribution in [0.3, 0.4) is 0 Å². The molecule has 0 spiro atoms. The summed E-state index contributed by atoms with van der Waals surface area (Å²) >= 11 is 0. The van der Waals surface area contributed by atoms with Crippen LogP contribution in [0.25, 0.3) is 0 Å². The van der Waals surface area contributed by atoms with E-state index in [1.165, 1.54) is 0 Å². The third kappa shape index (κ3) is 2.42. The second-order valence-corrected chi connectivity index (χ2v) is 4.36. The number of benzene rings is 1. The molecule has 2 N–H and O–H groups in total. The Kier molecular flexibility index (Phi) is 3.25. The van der Waals surface area contributed by atoms with Crippen molar-refractivity contribution in [3.63, 3.8) is 0 Å². The summed E-state index contributed by atoms with van der Waals surface area (Å²) in [6.45, 7) is 2.65. The third-order valence-electron chi connectivity index (χ3n) is 2.84. The fourth-order valence-corrected chi connectivity index (χ4v) is 1.86. The molecule has 1 unspecified atom stereocenters. The first kappa shape index (κ1) is 11.1. The van der Waals surface area contributed by atoms with Gasteiger partial charge in [-0.2, -0.15) is 0 Å². The zero-order valence-corrected chi connectivity index (χ0v) is 9.53. The molecular weight excluding hydrogens is 202 g/mol. The SMILES string of the molecule is CC(N)CCC(=O)c1ccc2c(c1)CCO2. The van der Waals surface area contributed by atoms with Crippen LogP contribution in [0.4, 0.5) is 0 Å². The fourth-order valence-electron chi connectivity index (χ4n) is 1.86. The minimum Gasteiger partial charge on any atom is -0.493 e. The summed E-state index contributed by atoms with van der Waals surface area (Å²) < 4.78 is 5.40. The van der Waals surface area contributed by atoms with Crippen molar-refractivity contribution < 1.29 is 9.53 Å². The van der Waals surface area contributed by atoms with Gasteiger partial charge in [-0.15, -0.1) is 0 Å². The minimum atomic E-state index is 0.0849. The molecule has 0 aromatic heterocycles. The van der Waals surface area contributed by atoms with Crippen LogP contribution in [0.15, 0.2) is 18.2 Å². The molecular formula is C13H17NO2. The van der Waals surface area contributed by atoms with Crippen molar-refractivity contribution >= 4 is 5.78 Å². The first-order chi connectivity index (χ1) is 7.66. The maximum absolute atomic E-state index is 11.9. The molecule has 0 amide bonds. The van der Waals surface area contributed by atoms with Crippen molar-refractivity contribution in [3.05, 3.63) is 29.3 Å². The van der Waals surface area contributed by atoms with Gasteiger partial charge in [0.15, 0.2) is 5.78 Å². The maximum atomic E-state index is 11.9. The van der Waals surface area contributed by atoms with Crippen molar-refractivity contribution in [2.45, 2.75) is 32.2 Å². The Labute approximate surface area is 95.6 Å². The summed E-state index contributed by atoms with van der Waals surface area (Å²) in [5.74, 6) is 1.09. The molecule has 0 radical (unpaired) electrons. The highest BCUT2D eigenvalue weighted by Gasteiger charge is 2.14. The van der Waals surface area contributed by atoms with E-state index in [1.54, 1.807) is 0 Å². The average molecular weight is 219 g/mol. The predicted molar refractivity (Wildman–Crippen MR) is 62.9 cm³/mol. The molecule has 1 aliphatic heterocycles. The standard InChI is InChI=1S/C13H17NO2/c1-9(14)2-4-12(15)10-3-5-13-11(8-10)6-7-16-13/h3,5,8-9H,2,4,6-7,14H2,1H3. The Balaban J connectivity index is 2.06. The van der Waals surface area contributed by atoms with E-state index >= 15 is 0 Å². The number of rotatable bonds is 4. The Morgan fingerprint density at radius 1 is 1.56 bits per heavy atom. The smallest absolute Gasteiger partial charge is 0.162 e. The third-order valence-corrected chi connectivity index (χ3v) is 2.84. The van der Waals surface area contributed by atoms with Gasteiger partial charge in [0.1, 0.15) is 5.75 Å². The van der Waals surface area contributed by atoms with Crippen molar-refractivity contribution in [1.29, 1.82) is 0 Å².